The average Bonchev–Trinajstić information content (AvgIpc) is 3.51. The van der Waals surface area contributed by atoms with Crippen LogP contribution in [0.15, 0.2) is 57.6 Å². The van der Waals surface area contributed by atoms with Crippen molar-refractivity contribution in [3.63, 3.8) is 0 Å². The van der Waals surface area contributed by atoms with Gasteiger partial charge in [0.05, 0.1) is 32.2 Å². The molecule has 13 nitrogen and oxygen atoms in total. The summed E-state index contributed by atoms with van der Waals surface area (Å²) in [7, 11) is 2.99. The van der Waals surface area contributed by atoms with Crippen LogP contribution < -0.4 is 11.2 Å². The molecule has 0 aliphatic carbocycles. The minimum Gasteiger partial charge on any atom is -0.463 e. The van der Waals surface area contributed by atoms with E-state index in [1.54, 1.807) is 36.3 Å². The Hall–Kier alpha value is -4.55. The number of esters is 1. The van der Waals surface area contributed by atoms with E-state index >= 15 is 0 Å². The smallest absolute Gasteiger partial charge is 0.349 e. The summed E-state index contributed by atoms with van der Waals surface area (Å²) in [6.45, 7) is 3.97. The molecular weight excluding hydrogens is 468 g/mol. The molecule has 4 rings (SSSR count). The Balaban J connectivity index is 1.58. The first-order chi connectivity index (χ1) is 17.3. The van der Waals surface area contributed by atoms with Crippen LogP contribution in [0.4, 0.5) is 0 Å². The zero-order valence-corrected chi connectivity index (χ0v) is 20.4. The zero-order chi connectivity index (χ0) is 25.8. The minimum absolute atomic E-state index is 0.216. The van der Waals surface area contributed by atoms with E-state index in [0.717, 1.165) is 10.1 Å². The second kappa shape index (κ2) is 10.4. The molecule has 1 atom stereocenters. The van der Waals surface area contributed by atoms with Crippen LogP contribution in [-0.2, 0) is 41.6 Å². The van der Waals surface area contributed by atoms with Gasteiger partial charge >= 0.3 is 11.7 Å². The highest BCUT2D eigenvalue weighted by molar-refractivity contribution is 6.00. The van der Waals surface area contributed by atoms with E-state index in [2.05, 4.69) is 20.5 Å². The van der Waals surface area contributed by atoms with Gasteiger partial charge in [-0.2, -0.15) is 0 Å². The van der Waals surface area contributed by atoms with Gasteiger partial charge in [0.25, 0.3) is 5.56 Å². The Bertz CT molecular complexity index is 1530. The molecule has 0 amide bonds. The fraction of sp³-hybridized carbons (Fsp3) is 0.348. The fourth-order valence-electron chi connectivity index (χ4n) is 3.58. The molecule has 13 heteroatoms. The molecular formula is C23H26N8O5. The summed E-state index contributed by atoms with van der Waals surface area (Å²) in [5, 5.41) is 12.6. The minimum atomic E-state index is -0.872. The van der Waals surface area contributed by atoms with Gasteiger partial charge in [-0.1, -0.05) is 40.7 Å². The first-order valence-corrected chi connectivity index (χ1v) is 11.2. The molecule has 188 valence electrons. The van der Waals surface area contributed by atoms with Crippen molar-refractivity contribution in [1.29, 1.82) is 0 Å². The summed E-state index contributed by atoms with van der Waals surface area (Å²) in [6.07, 6.45) is 2.33. The van der Waals surface area contributed by atoms with Gasteiger partial charge in [0.15, 0.2) is 11.2 Å². The molecule has 0 radical (unpaired) electrons. The predicted molar refractivity (Wildman–Crippen MR) is 129 cm³/mol. The first-order valence-electron chi connectivity index (χ1n) is 11.2. The number of nitrogens with zero attached hydrogens (tertiary/aromatic N) is 8. The van der Waals surface area contributed by atoms with Gasteiger partial charge in [-0.05, 0) is 13.8 Å². The molecule has 0 N–H and O–H groups in total. The SMILES string of the molecule is CCOC(=O)C(C)O/N=C(\Cn1cc(Cn2cnc3c2c(=O)n(C)c(=O)n3C)nn1)c1ccccc1. The Morgan fingerprint density at radius 1 is 1.14 bits per heavy atom. The highest BCUT2D eigenvalue weighted by atomic mass is 16.7. The normalized spacial score (nSPS) is 12.6. The molecule has 3 aromatic heterocycles. The van der Waals surface area contributed by atoms with Crippen molar-refractivity contribution in [3.8, 4) is 0 Å². The molecule has 36 heavy (non-hydrogen) atoms. The molecule has 0 saturated heterocycles. The lowest BCUT2D eigenvalue weighted by Gasteiger charge is -2.11. The summed E-state index contributed by atoms with van der Waals surface area (Å²) < 4.78 is 10.5. The number of oxime groups is 1. The number of aryl methyl sites for hydroxylation is 1. The molecule has 0 saturated carbocycles. The average molecular weight is 495 g/mol. The van der Waals surface area contributed by atoms with Crippen LogP contribution in [0.1, 0.15) is 25.1 Å². The highest BCUT2D eigenvalue weighted by Crippen LogP contribution is 2.10. The van der Waals surface area contributed by atoms with E-state index in [1.807, 2.05) is 30.3 Å². The topological polar surface area (TPSA) is 140 Å². The number of carbonyl (C=O) groups excluding carboxylic acids is 1. The molecule has 4 aromatic rings. The van der Waals surface area contributed by atoms with Crippen molar-refractivity contribution in [2.45, 2.75) is 33.0 Å². The molecule has 0 fully saturated rings. The monoisotopic (exact) mass is 494 g/mol. The number of carbonyl (C=O) groups is 1. The third-order valence-electron chi connectivity index (χ3n) is 5.49. The Morgan fingerprint density at radius 2 is 1.89 bits per heavy atom. The number of imidazole rings is 1. The quantitative estimate of drug-likeness (QED) is 0.186. The second-order valence-electron chi connectivity index (χ2n) is 8.06. The van der Waals surface area contributed by atoms with Crippen LogP contribution in [0, 0.1) is 0 Å². The van der Waals surface area contributed by atoms with Gasteiger partial charge in [0.1, 0.15) is 11.4 Å². The third kappa shape index (κ3) is 4.94. The molecule has 0 bridgehead atoms. The number of hydrogen-bond acceptors (Lipinski definition) is 9. The van der Waals surface area contributed by atoms with E-state index in [-0.39, 0.29) is 19.7 Å². The van der Waals surface area contributed by atoms with Crippen LogP contribution in [-0.4, -0.2) is 58.1 Å². The fourth-order valence-corrected chi connectivity index (χ4v) is 3.58. The number of benzene rings is 1. The number of aromatic nitrogens is 7. The van der Waals surface area contributed by atoms with Crippen molar-refractivity contribution in [3.05, 3.63) is 75.0 Å². The van der Waals surface area contributed by atoms with Crippen molar-refractivity contribution >= 4 is 22.8 Å². The van der Waals surface area contributed by atoms with E-state index in [0.29, 0.717) is 22.6 Å². The lowest BCUT2D eigenvalue weighted by molar-refractivity contribution is -0.155. The standard InChI is InChI=1S/C23H26N8O5/c1-5-35-22(33)15(2)36-26-18(16-9-7-6-8-10-16)13-31-12-17(25-27-31)11-30-14-24-20-19(30)21(32)29(4)23(34)28(20)3/h6-10,12,14-15H,5,11,13H2,1-4H3/b26-18+. The van der Waals surface area contributed by atoms with Crippen molar-refractivity contribution < 1.29 is 14.4 Å². The largest absolute Gasteiger partial charge is 0.463 e. The Labute approximate surface area is 205 Å². The maximum absolute atomic E-state index is 12.7. The van der Waals surface area contributed by atoms with Gasteiger partial charge in [-0.3, -0.25) is 13.9 Å². The van der Waals surface area contributed by atoms with Gasteiger partial charge < -0.3 is 14.1 Å². The Morgan fingerprint density at radius 3 is 2.61 bits per heavy atom. The second-order valence-corrected chi connectivity index (χ2v) is 8.06. The van der Waals surface area contributed by atoms with Gasteiger partial charge in [-0.25, -0.2) is 19.3 Å². The lowest BCUT2D eigenvalue weighted by Crippen LogP contribution is -2.37. The van der Waals surface area contributed by atoms with Crippen molar-refractivity contribution in [2.24, 2.45) is 19.3 Å². The predicted octanol–water partition coefficient (Wildman–Crippen LogP) is 0.446. The lowest BCUT2D eigenvalue weighted by atomic mass is 10.1. The number of rotatable bonds is 9. The molecule has 1 unspecified atom stereocenters. The van der Waals surface area contributed by atoms with Crippen LogP contribution in [0.25, 0.3) is 11.2 Å². The van der Waals surface area contributed by atoms with E-state index in [9.17, 15) is 14.4 Å². The van der Waals surface area contributed by atoms with E-state index in [4.69, 9.17) is 9.57 Å². The Kier molecular flexibility index (Phi) is 7.08. The number of ether oxygens (including phenoxy) is 1. The summed E-state index contributed by atoms with van der Waals surface area (Å²) in [4.78, 5) is 46.4. The van der Waals surface area contributed by atoms with Crippen LogP contribution in [0.3, 0.4) is 0 Å². The van der Waals surface area contributed by atoms with Crippen molar-refractivity contribution in [1.82, 2.24) is 33.7 Å². The maximum atomic E-state index is 12.7. The molecule has 0 aliphatic rings. The summed E-state index contributed by atoms with van der Waals surface area (Å²) in [6, 6.07) is 9.35. The number of hydrogen-bond donors (Lipinski definition) is 0. The van der Waals surface area contributed by atoms with Crippen LogP contribution in [0.2, 0.25) is 0 Å². The molecule has 3 heterocycles. The van der Waals surface area contributed by atoms with Gasteiger partial charge in [0.2, 0.25) is 6.10 Å². The van der Waals surface area contributed by atoms with E-state index in [1.165, 1.54) is 17.9 Å². The van der Waals surface area contributed by atoms with Crippen LogP contribution in [0.5, 0.6) is 0 Å². The maximum Gasteiger partial charge on any atom is 0.349 e. The summed E-state index contributed by atoms with van der Waals surface area (Å²) in [5.74, 6) is -0.507. The zero-order valence-electron chi connectivity index (χ0n) is 20.4. The third-order valence-corrected chi connectivity index (χ3v) is 5.49. The highest BCUT2D eigenvalue weighted by Gasteiger charge is 2.18. The number of fused-ring (bicyclic) bond motifs is 1. The molecule has 0 aliphatic heterocycles. The molecule has 1 aromatic carbocycles. The summed E-state index contributed by atoms with van der Waals surface area (Å²) >= 11 is 0. The first kappa shape index (κ1) is 24.6. The van der Waals surface area contributed by atoms with Crippen molar-refractivity contribution in [2.75, 3.05) is 6.61 Å². The summed E-state index contributed by atoms with van der Waals surface area (Å²) in [5.41, 5.74) is 1.58. The van der Waals surface area contributed by atoms with Crippen LogP contribution >= 0.6 is 0 Å². The van der Waals surface area contributed by atoms with Gasteiger partial charge in [-0.15, -0.1) is 5.10 Å². The molecule has 0 spiro atoms. The van der Waals surface area contributed by atoms with E-state index < -0.39 is 23.3 Å². The van der Waals surface area contributed by atoms with Gasteiger partial charge in [0, 0.05) is 19.7 Å².